The Morgan fingerprint density at radius 1 is 0.500 bits per heavy atom. The second-order valence-electron chi connectivity index (χ2n) is 12.6. The van der Waals surface area contributed by atoms with Crippen molar-refractivity contribution in [3.8, 4) is 0 Å². The van der Waals surface area contributed by atoms with Crippen LogP contribution in [0.4, 0.5) is 0 Å². The second-order valence-corrected chi connectivity index (χ2v) is 12.6. The average molecular weight is 387 g/mol. The van der Waals surface area contributed by atoms with Crippen molar-refractivity contribution in [1.29, 1.82) is 0 Å². The summed E-state index contributed by atoms with van der Waals surface area (Å²) in [5.41, 5.74) is 1.59. The molecule has 0 radical (unpaired) electrons. The van der Waals surface area contributed by atoms with E-state index in [1.165, 1.54) is 83.5 Å². The van der Waals surface area contributed by atoms with Crippen LogP contribution < -0.4 is 0 Å². The first-order valence-electron chi connectivity index (χ1n) is 13.4. The summed E-state index contributed by atoms with van der Waals surface area (Å²) < 4.78 is 0. The predicted molar refractivity (Wildman–Crippen MR) is 122 cm³/mol. The molecule has 0 amide bonds. The highest BCUT2D eigenvalue weighted by Gasteiger charge is 2.64. The fourth-order valence-corrected chi connectivity index (χ4v) is 9.84. The van der Waals surface area contributed by atoms with Crippen molar-refractivity contribution in [2.24, 2.45) is 39.9 Å². The lowest BCUT2D eigenvalue weighted by Crippen LogP contribution is -2.62. The van der Waals surface area contributed by atoms with Crippen LogP contribution in [0.25, 0.3) is 0 Å². The molecule has 28 heavy (non-hydrogen) atoms. The predicted octanol–water partition coefficient (Wildman–Crippen LogP) is 9.18. The van der Waals surface area contributed by atoms with Crippen molar-refractivity contribution < 1.29 is 0 Å². The van der Waals surface area contributed by atoms with Gasteiger partial charge in [0.2, 0.25) is 0 Å². The third kappa shape index (κ3) is 3.32. The zero-order valence-corrected chi connectivity index (χ0v) is 19.8. The van der Waals surface area contributed by atoms with E-state index in [0.29, 0.717) is 16.2 Å². The average Bonchev–Trinajstić information content (AvgIpc) is 2.74. The van der Waals surface area contributed by atoms with E-state index in [-0.39, 0.29) is 0 Å². The van der Waals surface area contributed by atoms with Gasteiger partial charge in [-0.3, -0.25) is 0 Å². The smallest absolute Gasteiger partial charge is 0.0159 e. The molecule has 0 saturated heterocycles. The summed E-state index contributed by atoms with van der Waals surface area (Å²) in [5.74, 6) is 4.02. The summed E-state index contributed by atoms with van der Waals surface area (Å²) in [6, 6.07) is 0. The lowest BCUT2D eigenvalue weighted by molar-refractivity contribution is -0.203. The first-order chi connectivity index (χ1) is 13.4. The van der Waals surface area contributed by atoms with Gasteiger partial charge in [-0.05, 0) is 78.4 Å². The van der Waals surface area contributed by atoms with Crippen LogP contribution in [0.5, 0.6) is 0 Å². The largest absolute Gasteiger partial charge is 0.0591 e. The Morgan fingerprint density at radius 2 is 0.929 bits per heavy atom. The molecule has 0 aromatic carbocycles. The van der Waals surface area contributed by atoms with Crippen LogP contribution in [0.3, 0.4) is 0 Å². The molecule has 4 aliphatic carbocycles. The van der Waals surface area contributed by atoms with Crippen molar-refractivity contribution in [2.45, 2.75) is 137 Å². The number of hydrogen-bond donors (Lipinski definition) is 0. The molecular weight excluding hydrogens is 336 g/mol. The fourth-order valence-electron chi connectivity index (χ4n) is 9.84. The van der Waals surface area contributed by atoms with Gasteiger partial charge in [-0.25, -0.2) is 0 Å². The molecule has 0 aromatic heterocycles. The number of rotatable bonds is 4. The summed E-state index contributed by atoms with van der Waals surface area (Å²) in [4.78, 5) is 0. The third-order valence-electron chi connectivity index (χ3n) is 11.2. The molecule has 0 bridgehead atoms. The van der Waals surface area contributed by atoms with Crippen molar-refractivity contribution in [3.63, 3.8) is 0 Å². The summed E-state index contributed by atoms with van der Waals surface area (Å²) in [6.07, 6.45) is 25.8. The van der Waals surface area contributed by atoms with Gasteiger partial charge in [0.25, 0.3) is 0 Å². The Balaban J connectivity index is 1.77. The van der Waals surface area contributed by atoms with Gasteiger partial charge in [0.05, 0.1) is 0 Å². The molecule has 0 heterocycles. The summed E-state index contributed by atoms with van der Waals surface area (Å²) in [5, 5.41) is 0. The molecule has 4 rings (SSSR count). The van der Waals surface area contributed by atoms with E-state index in [2.05, 4.69) is 27.7 Å². The van der Waals surface area contributed by atoms with Crippen molar-refractivity contribution >= 4 is 0 Å². The Hall–Kier alpha value is 0. The van der Waals surface area contributed by atoms with Gasteiger partial charge in [-0.1, -0.05) is 98.3 Å². The number of hydrogen-bond acceptors (Lipinski definition) is 0. The van der Waals surface area contributed by atoms with Crippen LogP contribution in [-0.4, -0.2) is 0 Å². The first kappa shape index (κ1) is 21.2. The highest BCUT2D eigenvalue weighted by molar-refractivity contribution is 5.12. The van der Waals surface area contributed by atoms with Crippen molar-refractivity contribution in [3.05, 3.63) is 0 Å². The maximum atomic E-state index is 2.78. The molecular formula is C28H50. The number of fused-ring (bicyclic) bond motifs is 1. The molecule has 0 aliphatic heterocycles. The standard InChI is InChI=1S/C28H50/c1-26(2,23-16-7-5-8-17-23)28(27(3,4)24-18-9-6-10-19-24)21-13-15-22-14-11-12-20-25(22)28/h22-25H,5-21H2,1-4H3. The van der Waals surface area contributed by atoms with Crippen LogP contribution in [-0.2, 0) is 0 Å². The Labute approximate surface area is 177 Å². The van der Waals surface area contributed by atoms with Gasteiger partial charge in [0, 0.05) is 0 Å². The topological polar surface area (TPSA) is 0 Å². The molecule has 4 fully saturated rings. The van der Waals surface area contributed by atoms with Crippen LogP contribution in [0, 0.1) is 39.9 Å². The van der Waals surface area contributed by atoms with Crippen molar-refractivity contribution in [1.82, 2.24) is 0 Å². The Kier molecular flexibility index (Phi) is 6.27. The zero-order chi connectivity index (χ0) is 19.8. The minimum atomic E-state index is 0.509. The van der Waals surface area contributed by atoms with Gasteiger partial charge in [0.1, 0.15) is 0 Å². The molecule has 4 saturated carbocycles. The first-order valence-corrected chi connectivity index (χ1v) is 13.4. The monoisotopic (exact) mass is 386 g/mol. The molecule has 162 valence electrons. The molecule has 2 unspecified atom stereocenters. The highest BCUT2D eigenvalue weighted by Crippen LogP contribution is 2.71. The Morgan fingerprint density at radius 3 is 1.46 bits per heavy atom. The molecule has 0 aromatic rings. The van der Waals surface area contributed by atoms with Crippen molar-refractivity contribution in [2.75, 3.05) is 0 Å². The molecule has 0 N–H and O–H groups in total. The van der Waals surface area contributed by atoms with E-state index < -0.39 is 0 Å². The second kappa shape index (κ2) is 8.26. The summed E-state index contributed by atoms with van der Waals surface area (Å²) in [7, 11) is 0. The lowest BCUT2D eigenvalue weighted by Gasteiger charge is -2.69. The molecule has 2 atom stereocenters. The van der Waals surface area contributed by atoms with E-state index in [0.717, 1.165) is 23.7 Å². The maximum Gasteiger partial charge on any atom is -0.0159 e. The van der Waals surface area contributed by atoms with Crippen LogP contribution >= 0.6 is 0 Å². The summed E-state index contributed by atoms with van der Waals surface area (Å²) >= 11 is 0. The van der Waals surface area contributed by atoms with Gasteiger partial charge in [0.15, 0.2) is 0 Å². The fraction of sp³-hybridized carbons (Fsp3) is 1.00. The van der Waals surface area contributed by atoms with Gasteiger partial charge in [-0.15, -0.1) is 0 Å². The van der Waals surface area contributed by atoms with Gasteiger partial charge >= 0.3 is 0 Å². The van der Waals surface area contributed by atoms with Gasteiger partial charge in [-0.2, -0.15) is 0 Å². The lowest BCUT2D eigenvalue weighted by atomic mass is 9.36. The normalized spacial score (nSPS) is 33.4. The summed E-state index contributed by atoms with van der Waals surface area (Å²) in [6.45, 7) is 11.1. The van der Waals surface area contributed by atoms with Gasteiger partial charge < -0.3 is 0 Å². The van der Waals surface area contributed by atoms with E-state index in [4.69, 9.17) is 0 Å². The van der Waals surface area contributed by atoms with E-state index in [1.807, 2.05) is 0 Å². The Bertz CT molecular complexity index is 468. The minimum Gasteiger partial charge on any atom is -0.0591 e. The zero-order valence-electron chi connectivity index (χ0n) is 19.8. The molecule has 0 spiro atoms. The van der Waals surface area contributed by atoms with E-state index in [9.17, 15) is 0 Å². The quantitative estimate of drug-likeness (QED) is 0.451. The van der Waals surface area contributed by atoms with E-state index in [1.54, 1.807) is 25.7 Å². The SMILES string of the molecule is CC(C)(C1CCCCC1)C1(C(C)(C)C2CCCCC2)CCCC2CCCCC21. The maximum absolute atomic E-state index is 2.78. The van der Waals surface area contributed by atoms with Crippen LogP contribution in [0.1, 0.15) is 137 Å². The third-order valence-corrected chi connectivity index (χ3v) is 11.2. The minimum absolute atomic E-state index is 0.509. The molecule has 0 nitrogen and oxygen atoms in total. The highest BCUT2D eigenvalue weighted by atomic mass is 14.7. The van der Waals surface area contributed by atoms with E-state index >= 15 is 0 Å². The van der Waals surface area contributed by atoms with Crippen LogP contribution in [0.15, 0.2) is 0 Å². The van der Waals surface area contributed by atoms with Crippen LogP contribution in [0.2, 0.25) is 0 Å². The molecule has 4 aliphatic rings. The molecule has 0 heteroatoms.